The molecule has 0 radical (unpaired) electrons. The van der Waals surface area contributed by atoms with Crippen molar-refractivity contribution in [3.8, 4) is 5.75 Å². The van der Waals surface area contributed by atoms with Crippen molar-refractivity contribution in [2.75, 3.05) is 25.5 Å². The van der Waals surface area contributed by atoms with Gasteiger partial charge in [0.25, 0.3) is 17.7 Å². The molecule has 0 saturated carbocycles. The maximum absolute atomic E-state index is 12.9. The molecule has 174 valence electrons. The number of methoxy groups -OCH3 is 1. The second-order valence-electron chi connectivity index (χ2n) is 7.94. The molecule has 1 fully saturated rings. The van der Waals surface area contributed by atoms with E-state index in [2.05, 4.69) is 21.5 Å². The monoisotopic (exact) mass is 453 g/mol. The molecule has 1 aliphatic rings. The van der Waals surface area contributed by atoms with Crippen molar-refractivity contribution in [2.24, 2.45) is 0 Å². The van der Waals surface area contributed by atoms with Gasteiger partial charge in [-0.15, -0.1) is 0 Å². The van der Waals surface area contributed by atoms with Crippen LogP contribution >= 0.6 is 0 Å². The number of hydrogen-bond donors (Lipinski definition) is 4. The summed E-state index contributed by atoms with van der Waals surface area (Å²) in [6.45, 7) is 4.86. The number of amides is 5. The summed E-state index contributed by atoms with van der Waals surface area (Å²) in [6, 6.07) is 11.8. The fourth-order valence-electron chi connectivity index (χ4n) is 3.51. The zero-order chi connectivity index (χ0) is 24.2. The van der Waals surface area contributed by atoms with Crippen LogP contribution in [0, 0.1) is 13.8 Å². The van der Waals surface area contributed by atoms with Crippen LogP contribution in [0.25, 0.3) is 0 Å². The number of hydrazine groups is 1. The van der Waals surface area contributed by atoms with Crippen LogP contribution in [0.5, 0.6) is 5.75 Å². The zero-order valence-corrected chi connectivity index (χ0v) is 18.9. The summed E-state index contributed by atoms with van der Waals surface area (Å²) < 4.78 is 5.11. The van der Waals surface area contributed by atoms with Crippen LogP contribution in [-0.2, 0) is 19.9 Å². The topological polar surface area (TPSA) is 129 Å². The number of urea groups is 1. The number of nitrogens with one attached hydrogen (secondary N) is 4. The van der Waals surface area contributed by atoms with E-state index in [1.165, 1.54) is 7.11 Å². The van der Waals surface area contributed by atoms with Gasteiger partial charge in [0.2, 0.25) is 0 Å². The molecule has 10 heteroatoms. The summed E-state index contributed by atoms with van der Waals surface area (Å²) in [4.78, 5) is 50.4. The van der Waals surface area contributed by atoms with Gasteiger partial charge in [-0.25, -0.2) is 4.79 Å². The lowest BCUT2D eigenvalue weighted by Crippen LogP contribution is -2.49. The van der Waals surface area contributed by atoms with Gasteiger partial charge in [0.1, 0.15) is 17.8 Å². The van der Waals surface area contributed by atoms with Crippen LogP contribution in [0.2, 0.25) is 0 Å². The summed E-state index contributed by atoms with van der Waals surface area (Å²) in [5.74, 6) is -1.16. The summed E-state index contributed by atoms with van der Waals surface area (Å²) >= 11 is 0. The number of rotatable bonds is 7. The molecular formula is C23H27N5O5. The lowest BCUT2D eigenvalue weighted by Gasteiger charge is -2.22. The molecule has 2 aromatic carbocycles. The smallest absolute Gasteiger partial charge is 0.325 e. The molecule has 3 rings (SSSR count). The Morgan fingerprint density at radius 2 is 1.70 bits per heavy atom. The molecule has 1 unspecified atom stereocenters. The van der Waals surface area contributed by atoms with Crippen LogP contribution < -0.4 is 26.2 Å². The van der Waals surface area contributed by atoms with Crippen molar-refractivity contribution in [3.63, 3.8) is 0 Å². The van der Waals surface area contributed by atoms with E-state index in [-0.39, 0.29) is 6.54 Å². The van der Waals surface area contributed by atoms with E-state index in [0.717, 1.165) is 21.7 Å². The minimum Gasteiger partial charge on any atom is -0.497 e. The van der Waals surface area contributed by atoms with Crippen molar-refractivity contribution < 1.29 is 23.9 Å². The van der Waals surface area contributed by atoms with E-state index < -0.39 is 35.8 Å². The fourth-order valence-corrected chi connectivity index (χ4v) is 3.51. The summed E-state index contributed by atoms with van der Waals surface area (Å²) in [5, 5.41) is 5.61. The van der Waals surface area contributed by atoms with Gasteiger partial charge < -0.3 is 15.4 Å². The third-order valence-electron chi connectivity index (χ3n) is 5.41. The molecule has 1 saturated heterocycles. The Balaban J connectivity index is 1.52. The molecule has 5 amide bonds. The Kier molecular flexibility index (Phi) is 6.86. The highest BCUT2D eigenvalue weighted by atomic mass is 16.5. The zero-order valence-electron chi connectivity index (χ0n) is 18.9. The maximum atomic E-state index is 12.9. The predicted octanol–water partition coefficient (Wildman–Crippen LogP) is 1.34. The minimum atomic E-state index is -1.32. The quantitative estimate of drug-likeness (QED) is 0.370. The Bertz CT molecular complexity index is 1090. The van der Waals surface area contributed by atoms with Gasteiger partial charge in [-0.05, 0) is 50.1 Å². The number of hydrogen-bond acceptors (Lipinski definition) is 6. The van der Waals surface area contributed by atoms with Gasteiger partial charge in [0, 0.05) is 5.69 Å². The van der Waals surface area contributed by atoms with Gasteiger partial charge in [-0.1, -0.05) is 29.8 Å². The van der Waals surface area contributed by atoms with E-state index in [1.54, 1.807) is 31.2 Å². The Labute approximate surface area is 191 Å². The highest BCUT2D eigenvalue weighted by molar-refractivity contribution is 6.09. The van der Waals surface area contributed by atoms with Crippen molar-refractivity contribution in [2.45, 2.75) is 26.3 Å². The Morgan fingerprint density at radius 1 is 1.03 bits per heavy atom. The fraction of sp³-hybridized carbons (Fsp3) is 0.304. The molecule has 10 nitrogen and oxygen atoms in total. The van der Waals surface area contributed by atoms with Gasteiger partial charge in [0.05, 0.1) is 13.7 Å². The van der Waals surface area contributed by atoms with Crippen LogP contribution in [-0.4, -0.2) is 48.9 Å². The Hall–Kier alpha value is -4.08. The highest BCUT2D eigenvalue weighted by Gasteiger charge is 2.49. The molecule has 0 spiro atoms. The molecule has 33 heavy (non-hydrogen) atoms. The Morgan fingerprint density at radius 3 is 2.33 bits per heavy atom. The first kappa shape index (κ1) is 23.6. The average molecular weight is 453 g/mol. The molecule has 1 heterocycles. The van der Waals surface area contributed by atoms with E-state index >= 15 is 0 Å². The molecule has 0 bridgehead atoms. The molecular weight excluding hydrogens is 426 g/mol. The van der Waals surface area contributed by atoms with Crippen molar-refractivity contribution in [1.82, 2.24) is 21.1 Å². The van der Waals surface area contributed by atoms with Crippen molar-refractivity contribution in [3.05, 3.63) is 59.2 Å². The summed E-state index contributed by atoms with van der Waals surface area (Å²) in [6.07, 6.45) is 0. The molecule has 0 aliphatic carbocycles. The van der Waals surface area contributed by atoms with E-state index in [4.69, 9.17) is 4.74 Å². The number of aryl methyl sites for hydroxylation is 2. The van der Waals surface area contributed by atoms with Crippen molar-refractivity contribution >= 4 is 29.4 Å². The van der Waals surface area contributed by atoms with Gasteiger partial charge in [-0.3, -0.25) is 30.1 Å². The largest absolute Gasteiger partial charge is 0.497 e. The summed E-state index contributed by atoms with van der Waals surface area (Å²) in [7, 11) is 1.53. The number of carbonyl (C=O) groups is 4. The minimum absolute atomic E-state index is 0.0666. The van der Waals surface area contributed by atoms with E-state index in [1.807, 2.05) is 32.0 Å². The maximum Gasteiger partial charge on any atom is 0.325 e. The van der Waals surface area contributed by atoms with Crippen LogP contribution in [0.4, 0.5) is 10.5 Å². The standard InChI is InChI=1S/C23H27N5O5/c1-14-5-10-18(15(2)11-14)24-12-19(29)26-27-20(30)13-28-21(31)23(3,25-22(28)32)16-6-8-17(33-4)9-7-16/h5-11,24H,12-13H2,1-4H3,(H,25,32)(H,26,29)(H,27,30). The number of imide groups is 1. The van der Waals surface area contributed by atoms with Crippen LogP contribution in [0.1, 0.15) is 23.6 Å². The first-order valence-corrected chi connectivity index (χ1v) is 10.3. The number of carbonyl (C=O) groups excluding carboxylic acids is 4. The first-order valence-electron chi connectivity index (χ1n) is 10.3. The number of benzene rings is 2. The predicted molar refractivity (Wildman–Crippen MR) is 121 cm³/mol. The highest BCUT2D eigenvalue weighted by Crippen LogP contribution is 2.29. The van der Waals surface area contributed by atoms with Crippen LogP contribution in [0.3, 0.4) is 0 Å². The lowest BCUT2D eigenvalue weighted by molar-refractivity contribution is -0.135. The molecule has 0 aromatic heterocycles. The first-order chi connectivity index (χ1) is 15.6. The second kappa shape index (κ2) is 9.60. The van der Waals surface area contributed by atoms with Gasteiger partial charge >= 0.3 is 6.03 Å². The number of anilines is 1. The SMILES string of the molecule is COc1ccc(C2(C)NC(=O)N(CC(=O)NNC(=O)CNc3ccc(C)cc3C)C2=O)cc1. The third-order valence-corrected chi connectivity index (χ3v) is 5.41. The number of ether oxygens (including phenoxy) is 1. The molecule has 2 aromatic rings. The summed E-state index contributed by atoms with van der Waals surface area (Å²) in [5.41, 5.74) is 6.63. The van der Waals surface area contributed by atoms with E-state index in [9.17, 15) is 19.2 Å². The average Bonchev–Trinajstić information content (AvgIpc) is 3.01. The number of nitrogens with zero attached hydrogens (tertiary/aromatic N) is 1. The van der Waals surface area contributed by atoms with E-state index in [0.29, 0.717) is 11.3 Å². The van der Waals surface area contributed by atoms with Crippen LogP contribution in [0.15, 0.2) is 42.5 Å². The third kappa shape index (κ3) is 5.22. The van der Waals surface area contributed by atoms with Crippen molar-refractivity contribution in [1.29, 1.82) is 0 Å². The molecule has 4 N–H and O–H groups in total. The molecule has 1 aliphatic heterocycles. The van der Waals surface area contributed by atoms with Gasteiger partial charge in [-0.2, -0.15) is 0 Å². The second-order valence-corrected chi connectivity index (χ2v) is 7.94. The molecule has 1 atom stereocenters. The lowest BCUT2D eigenvalue weighted by atomic mass is 9.92. The normalized spacial score (nSPS) is 17.4. The van der Waals surface area contributed by atoms with Gasteiger partial charge in [0.15, 0.2) is 0 Å².